The standard InChI is InChI=1S/C16H16N2O3/c1-18(16(21)14-6-3-9-17-14)11-13-5-2-4-12(10-13)7-8-15(19)20/h2-10,17H,11H2,1H3,(H,19,20). The van der Waals surface area contributed by atoms with E-state index < -0.39 is 5.97 Å². The van der Waals surface area contributed by atoms with Crippen molar-refractivity contribution in [3.05, 3.63) is 65.5 Å². The number of carbonyl (C=O) groups excluding carboxylic acids is 1. The van der Waals surface area contributed by atoms with Gasteiger partial charge in [-0.3, -0.25) is 4.79 Å². The van der Waals surface area contributed by atoms with Crippen molar-refractivity contribution < 1.29 is 14.7 Å². The summed E-state index contributed by atoms with van der Waals surface area (Å²) in [5, 5.41) is 8.62. The second-order valence-corrected chi connectivity index (χ2v) is 4.66. The van der Waals surface area contributed by atoms with Gasteiger partial charge < -0.3 is 15.0 Å². The van der Waals surface area contributed by atoms with E-state index >= 15 is 0 Å². The van der Waals surface area contributed by atoms with Crippen molar-refractivity contribution in [3.8, 4) is 0 Å². The van der Waals surface area contributed by atoms with Gasteiger partial charge in [0, 0.05) is 25.9 Å². The average molecular weight is 284 g/mol. The molecule has 0 aliphatic carbocycles. The van der Waals surface area contributed by atoms with Crippen molar-refractivity contribution in [2.45, 2.75) is 6.54 Å². The van der Waals surface area contributed by atoms with Gasteiger partial charge in [-0.15, -0.1) is 0 Å². The number of carboxylic acids is 1. The fourth-order valence-electron chi connectivity index (χ4n) is 1.98. The van der Waals surface area contributed by atoms with Crippen LogP contribution in [0.3, 0.4) is 0 Å². The molecule has 108 valence electrons. The molecule has 21 heavy (non-hydrogen) atoms. The molecule has 0 spiro atoms. The van der Waals surface area contributed by atoms with Crippen molar-refractivity contribution in [3.63, 3.8) is 0 Å². The van der Waals surface area contributed by atoms with Crippen LogP contribution >= 0.6 is 0 Å². The average Bonchev–Trinajstić information content (AvgIpc) is 2.98. The van der Waals surface area contributed by atoms with Gasteiger partial charge in [-0.25, -0.2) is 4.79 Å². The van der Waals surface area contributed by atoms with E-state index in [0.29, 0.717) is 12.2 Å². The third kappa shape index (κ3) is 4.07. The number of nitrogens with zero attached hydrogens (tertiary/aromatic N) is 1. The molecule has 0 bridgehead atoms. The highest BCUT2D eigenvalue weighted by molar-refractivity contribution is 5.92. The van der Waals surface area contributed by atoms with Gasteiger partial charge >= 0.3 is 5.97 Å². The SMILES string of the molecule is CN(Cc1cccc(C=CC(=O)O)c1)C(=O)c1ccc[nH]1. The van der Waals surface area contributed by atoms with Crippen LogP contribution in [-0.2, 0) is 11.3 Å². The molecule has 2 aromatic rings. The minimum absolute atomic E-state index is 0.0912. The Balaban J connectivity index is 2.07. The van der Waals surface area contributed by atoms with E-state index in [-0.39, 0.29) is 5.91 Å². The van der Waals surface area contributed by atoms with Gasteiger partial charge in [0.25, 0.3) is 5.91 Å². The van der Waals surface area contributed by atoms with E-state index in [1.807, 2.05) is 24.3 Å². The molecular weight excluding hydrogens is 268 g/mol. The number of aliphatic carboxylic acids is 1. The van der Waals surface area contributed by atoms with Crippen LogP contribution in [0.25, 0.3) is 6.08 Å². The Hall–Kier alpha value is -2.82. The Kier molecular flexibility index (Phi) is 4.56. The number of amides is 1. The van der Waals surface area contributed by atoms with Gasteiger partial charge in [-0.2, -0.15) is 0 Å². The third-order valence-electron chi connectivity index (χ3n) is 2.96. The Morgan fingerprint density at radius 3 is 2.76 bits per heavy atom. The smallest absolute Gasteiger partial charge is 0.328 e. The molecule has 5 nitrogen and oxygen atoms in total. The normalized spacial score (nSPS) is 10.7. The first-order valence-electron chi connectivity index (χ1n) is 6.45. The maximum atomic E-state index is 12.1. The molecule has 2 rings (SSSR count). The zero-order chi connectivity index (χ0) is 15.2. The largest absolute Gasteiger partial charge is 0.478 e. The number of carboxylic acid groups (broad SMARTS) is 1. The van der Waals surface area contributed by atoms with E-state index in [2.05, 4.69) is 4.98 Å². The molecule has 0 aliphatic heterocycles. The van der Waals surface area contributed by atoms with E-state index in [0.717, 1.165) is 17.2 Å². The summed E-state index contributed by atoms with van der Waals surface area (Å²) in [7, 11) is 1.73. The van der Waals surface area contributed by atoms with Crippen molar-refractivity contribution in [1.29, 1.82) is 0 Å². The number of hydrogen-bond donors (Lipinski definition) is 2. The maximum Gasteiger partial charge on any atom is 0.328 e. The highest BCUT2D eigenvalue weighted by atomic mass is 16.4. The van der Waals surface area contributed by atoms with E-state index in [1.165, 1.54) is 6.08 Å². The second-order valence-electron chi connectivity index (χ2n) is 4.66. The quantitative estimate of drug-likeness (QED) is 0.828. The lowest BCUT2D eigenvalue weighted by Gasteiger charge is -2.16. The molecule has 1 aromatic heterocycles. The number of rotatable bonds is 5. The number of benzene rings is 1. The number of H-pyrrole nitrogens is 1. The fraction of sp³-hybridized carbons (Fsp3) is 0.125. The van der Waals surface area contributed by atoms with Gasteiger partial charge in [-0.05, 0) is 35.4 Å². The van der Waals surface area contributed by atoms with Crippen molar-refractivity contribution in [1.82, 2.24) is 9.88 Å². The molecule has 0 radical (unpaired) electrons. The predicted octanol–water partition coefficient (Wildman–Crippen LogP) is 2.38. The minimum atomic E-state index is -0.987. The number of aromatic nitrogens is 1. The van der Waals surface area contributed by atoms with Crippen molar-refractivity contribution in [2.24, 2.45) is 0 Å². The zero-order valence-corrected chi connectivity index (χ0v) is 11.6. The summed E-state index contributed by atoms with van der Waals surface area (Å²) < 4.78 is 0. The van der Waals surface area contributed by atoms with Crippen molar-refractivity contribution >= 4 is 18.0 Å². The van der Waals surface area contributed by atoms with E-state index in [1.54, 1.807) is 30.3 Å². The van der Waals surface area contributed by atoms with Crippen LogP contribution in [0.15, 0.2) is 48.7 Å². The molecule has 1 amide bonds. The van der Waals surface area contributed by atoms with Crippen LogP contribution in [0.1, 0.15) is 21.6 Å². The molecule has 0 atom stereocenters. The minimum Gasteiger partial charge on any atom is -0.478 e. The first-order chi connectivity index (χ1) is 10.1. The van der Waals surface area contributed by atoms with Crippen LogP contribution in [0, 0.1) is 0 Å². The van der Waals surface area contributed by atoms with Gasteiger partial charge in [0.05, 0.1) is 0 Å². The van der Waals surface area contributed by atoms with Gasteiger partial charge in [-0.1, -0.05) is 18.2 Å². The summed E-state index contributed by atoms with van der Waals surface area (Å²) in [5.74, 6) is -1.08. The van der Waals surface area contributed by atoms with Crippen LogP contribution in [0.2, 0.25) is 0 Å². The lowest BCUT2D eigenvalue weighted by molar-refractivity contribution is -0.131. The molecule has 0 unspecified atom stereocenters. The molecule has 0 saturated carbocycles. The lowest BCUT2D eigenvalue weighted by atomic mass is 10.1. The fourth-order valence-corrected chi connectivity index (χ4v) is 1.98. The Labute approximate surface area is 122 Å². The summed E-state index contributed by atoms with van der Waals surface area (Å²) in [6.07, 6.45) is 4.32. The number of carbonyl (C=O) groups is 2. The highest BCUT2D eigenvalue weighted by Gasteiger charge is 2.12. The molecular formula is C16H16N2O3. The topological polar surface area (TPSA) is 73.4 Å². The summed E-state index contributed by atoms with van der Waals surface area (Å²) in [6, 6.07) is 10.9. The molecule has 2 N–H and O–H groups in total. The van der Waals surface area contributed by atoms with E-state index in [9.17, 15) is 9.59 Å². The molecule has 1 heterocycles. The number of aromatic amines is 1. The maximum absolute atomic E-state index is 12.1. The Morgan fingerprint density at radius 1 is 1.29 bits per heavy atom. The summed E-state index contributed by atoms with van der Waals surface area (Å²) in [6.45, 7) is 0.451. The summed E-state index contributed by atoms with van der Waals surface area (Å²) in [4.78, 5) is 27.1. The van der Waals surface area contributed by atoms with Crippen LogP contribution in [-0.4, -0.2) is 33.9 Å². The molecule has 5 heteroatoms. The first-order valence-corrected chi connectivity index (χ1v) is 6.45. The first kappa shape index (κ1) is 14.6. The van der Waals surface area contributed by atoms with Crippen LogP contribution in [0.4, 0.5) is 0 Å². The molecule has 0 fully saturated rings. The van der Waals surface area contributed by atoms with Gasteiger partial charge in [0.2, 0.25) is 0 Å². The van der Waals surface area contributed by atoms with E-state index in [4.69, 9.17) is 5.11 Å². The third-order valence-corrected chi connectivity index (χ3v) is 2.96. The number of hydrogen-bond acceptors (Lipinski definition) is 2. The van der Waals surface area contributed by atoms with Gasteiger partial charge in [0.15, 0.2) is 0 Å². The monoisotopic (exact) mass is 284 g/mol. The summed E-state index contributed by atoms with van der Waals surface area (Å²) >= 11 is 0. The molecule has 0 saturated heterocycles. The highest BCUT2D eigenvalue weighted by Crippen LogP contribution is 2.11. The van der Waals surface area contributed by atoms with Crippen LogP contribution in [0.5, 0.6) is 0 Å². The Morgan fingerprint density at radius 2 is 2.10 bits per heavy atom. The summed E-state index contributed by atoms with van der Waals surface area (Å²) in [5.41, 5.74) is 2.26. The zero-order valence-electron chi connectivity index (χ0n) is 11.6. The molecule has 0 aliphatic rings. The second kappa shape index (κ2) is 6.56. The predicted molar refractivity (Wildman–Crippen MR) is 79.7 cm³/mol. The van der Waals surface area contributed by atoms with Crippen LogP contribution < -0.4 is 0 Å². The lowest BCUT2D eigenvalue weighted by Crippen LogP contribution is -2.26. The van der Waals surface area contributed by atoms with Gasteiger partial charge in [0.1, 0.15) is 5.69 Å². The Bertz CT molecular complexity index is 660. The number of nitrogens with one attached hydrogen (secondary N) is 1. The molecule has 1 aromatic carbocycles. The van der Waals surface area contributed by atoms with Crippen molar-refractivity contribution in [2.75, 3.05) is 7.05 Å².